The Morgan fingerprint density at radius 3 is 2.91 bits per heavy atom. The minimum atomic E-state index is 0.388. The Kier molecular flexibility index (Phi) is 1.58. The molecule has 2 aliphatic heterocycles. The predicted molar refractivity (Wildman–Crippen MR) is 44.8 cm³/mol. The highest BCUT2D eigenvalue weighted by Gasteiger charge is 2.23. The average Bonchev–Trinajstić information content (AvgIpc) is 2.01. The summed E-state index contributed by atoms with van der Waals surface area (Å²) < 4.78 is 0. The fourth-order valence-electron chi connectivity index (χ4n) is 1.40. The lowest BCUT2D eigenvalue weighted by Crippen LogP contribution is -2.54. The molecular weight excluding hydrogens is 138 g/mol. The highest BCUT2D eigenvalue weighted by molar-refractivity contribution is 5.23. The third-order valence-corrected chi connectivity index (χ3v) is 2.08. The van der Waals surface area contributed by atoms with Gasteiger partial charge in [0.1, 0.15) is 0 Å². The first-order valence-electron chi connectivity index (χ1n) is 3.97. The molecule has 3 nitrogen and oxygen atoms in total. The molecule has 3 N–H and O–H groups in total. The summed E-state index contributed by atoms with van der Waals surface area (Å²) in [7, 11) is 0. The molecule has 0 aliphatic carbocycles. The quantitative estimate of drug-likeness (QED) is 0.537. The van der Waals surface area contributed by atoms with Crippen LogP contribution in [0, 0.1) is 0 Å². The summed E-state index contributed by atoms with van der Waals surface area (Å²) in [5.74, 6) is 0. The topological polar surface area (TPSA) is 41.3 Å². The van der Waals surface area contributed by atoms with Crippen molar-refractivity contribution in [2.24, 2.45) is 5.73 Å². The maximum absolute atomic E-state index is 5.67. The van der Waals surface area contributed by atoms with Crippen LogP contribution in [0.4, 0.5) is 0 Å². The zero-order valence-corrected chi connectivity index (χ0v) is 6.46. The van der Waals surface area contributed by atoms with Crippen LogP contribution < -0.4 is 11.1 Å². The SMILES string of the molecule is NC1CN(C2=CCNC=C2)C1. The molecule has 2 aliphatic rings. The number of nitrogens with zero attached hydrogens (tertiary/aromatic N) is 1. The second kappa shape index (κ2) is 2.58. The molecule has 2 rings (SSSR count). The maximum Gasteiger partial charge on any atom is 0.0395 e. The van der Waals surface area contributed by atoms with Crippen molar-refractivity contribution in [2.75, 3.05) is 19.6 Å². The lowest BCUT2D eigenvalue weighted by molar-refractivity contribution is 0.206. The van der Waals surface area contributed by atoms with Gasteiger partial charge in [-0.25, -0.2) is 0 Å². The number of hydrogen-bond acceptors (Lipinski definition) is 3. The molecule has 60 valence electrons. The second-order valence-electron chi connectivity index (χ2n) is 3.04. The Labute approximate surface area is 66.6 Å². The molecule has 0 amide bonds. The molecule has 0 radical (unpaired) electrons. The van der Waals surface area contributed by atoms with E-state index in [4.69, 9.17) is 5.73 Å². The summed E-state index contributed by atoms with van der Waals surface area (Å²) in [6.45, 7) is 2.96. The monoisotopic (exact) mass is 151 g/mol. The van der Waals surface area contributed by atoms with Crippen LogP contribution in [0.3, 0.4) is 0 Å². The third-order valence-electron chi connectivity index (χ3n) is 2.08. The Hall–Kier alpha value is -0.960. The van der Waals surface area contributed by atoms with E-state index in [1.54, 1.807) is 0 Å². The van der Waals surface area contributed by atoms with E-state index < -0.39 is 0 Å². The normalized spacial score (nSPS) is 24.1. The Morgan fingerprint density at radius 2 is 2.36 bits per heavy atom. The van der Waals surface area contributed by atoms with E-state index in [2.05, 4.69) is 22.4 Å². The van der Waals surface area contributed by atoms with E-state index >= 15 is 0 Å². The van der Waals surface area contributed by atoms with Crippen LogP contribution >= 0.6 is 0 Å². The molecule has 0 spiro atoms. The summed E-state index contributed by atoms with van der Waals surface area (Å²) in [6, 6.07) is 0.388. The molecule has 0 atom stereocenters. The van der Waals surface area contributed by atoms with Crippen LogP contribution in [0.1, 0.15) is 0 Å². The zero-order valence-electron chi connectivity index (χ0n) is 6.46. The highest BCUT2D eigenvalue weighted by Crippen LogP contribution is 2.15. The first-order chi connectivity index (χ1) is 5.36. The molecular formula is C8H13N3. The van der Waals surface area contributed by atoms with Gasteiger partial charge in [-0.3, -0.25) is 0 Å². The van der Waals surface area contributed by atoms with Crippen molar-refractivity contribution in [1.29, 1.82) is 0 Å². The molecule has 0 aromatic heterocycles. The van der Waals surface area contributed by atoms with Crippen LogP contribution in [0.2, 0.25) is 0 Å². The number of dihydropyridines is 1. The first-order valence-corrected chi connectivity index (χ1v) is 3.97. The minimum absolute atomic E-state index is 0.388. The third kappa shape index (κ3) is 1.24. The Morgan fingerprint density at radius 1 is 1.55 bits per heavy atom. The van der Waals surface area contributed by atoms with Gasteiger partial charge in [0.2, 0.25) is 0 Å². The molecule has 0 aromatic rings. The van der Waals surface area contributed by atoms with Crippen molar-refractivity contribution in [1.82, 2.24) is 10.2 Å². The molecule has 2 heterocycles. The van der Waals surface area contributed by atoms with E-state index in [0.29, 0.717) is 6.04 Å². The smallest absolute Gasteiger partial charge is 0.0395 e. The van der Waals surface area contributed by atoms with Crippen molar-refractivity contribution < 1.29 is 0 Å². The van der Waals surface area contributed by atoms with Crippen molar-refractivity contribution in [3.05, 3.63) is 24.0 Å². The minimum Gasteiger partial charge on any atom is -0.387 e. The van der Waals surface area contributed by atoms with Crippen molar-refractivity contribution in [3.8, 4) is 0 Å². The molecule has 0 unspecified atom stereocenters. The fraction of sp³-hybridized carbons (Fsp3) is 0.500. The summed E-state index contributed by atoms with van der Waals surface area (Å²) in [4.78, 5) is 2.29. The van der Waals surface area contributed by atoms with Gasteiger partial charge in [-0.15, -0.1) is 0 Å². The molecule has 0 saturated carbocycles. The van der Waals surface area contributed by atoms with Gasteiger partial charge in [0.05, 0.1) is 0 Å². The molecule has 3 heteroatoms. The molecule has 0 aromatic carbocycles. The van der Waals surface area contributed by atoms with Gasteiger partial charge < -0.3 is 16.0 Å². The summed E-state index contributed by atoms with van der Waals surface area (Å²) in [5.41, 5.74) is 6.98. The molecule has 1 saturated heterocycles. The summed E-state index contributed by atoms with van der Waals surface area (Å²) in [5, 5.41) is 3.11. The van der Waals surface area contributed by atoms with Crippen LogP contribution in [-0.4, -0.2) is 30.6 Å². The van der Waals surface area contributed by atoms with Gasteiger partial charge in [0.15, 0.2) is 0 Å². The van der Waals surface area contributed by atoms with E-state index in [1.807, 2.05) is 6.20 Å². The molecule has 0 bridgehead atoms. The average molecular weight is 151 g/mol. The molecule has 11 heavy (non-hydrogen) atoms. The highest BCUT2D eigenvalue weighted by atomic mass is 15.2. The van der Waals surface area contributed by atoms with Crippen LogP contribution in [0.25, 0.3) is 0 Å². The largest absolute Gasteiger partial charge is 0.387 e. The van der Waals surface area contributed by atoms with Gasteiger partial charge in [-0.2, -0.15) is 0 Å². The fourth-order valence-corrected chi connectivity index (χ4v) is 1.40. The number of nitrogens with two attached hydrogens (primary N) is 1. The Bertz CT molecular complexity index is 201. The second-order valence-corrected chi connectivity index (χ2v) is 3.04. The Balaban J connectivity index is 1.95. The number of rotatable bonds is 1. The van der Waals surface area contributed by atoms with E-state index in [0.717, 1.165) is 19.6 Å². The van der Waals surface area contributed by atoms with Crippen molar-refractivity contribution in [3.63, 3.8) is 0 Å². The molecule has 1 fully saturated rings. The lowest BCUT2D eigenvalue weighted by atomic mass is 10.1. The van der Waals surface area contributed by atoms with Crippen LogP contribution in [0.15, 0.2) is 24.0 Å². The standard InChI is InChI=1S/C8H13N3/c9-7-5-11(6-7)8-1-3-10-4-2-8/h1-3,7,10H,4-6,9H2. The van der Waals surface area contributed by atoms with E-state index in [1.165, 1.54) is 5.70 Å². The lowest BCUT2D eigenvalue weighted by Gasteiger charge is -2.40. The predicted octanol–water partition coefficient (Wildman–Crippen LogP) is -0.370. The summed E-state index contributed by atoms with van der Waals surface area (Å²) >= 11 is 0. The van der Waals surface area contributed by atoms with Gasteiger partial charge in [0.25, 0.3) is 0 Å². The first kappa shape index (κ1) is 6.73. The number of likely N-dealkylation sites (tertiary alicyclic amines) is 1. The summed E-state index contributed by atoms with van der Waals surface area (Å²) in [6.07, 6.45) is 6.26. The maximum atomic E-state index is 5.67. The number of allylic oxidation sites excluding steroid dienone is 1. The van der Waals surface area contributed by atoms with Gasteiger partial charge in [-0.05, 0) is 18.4 Å². The van der Waals surface area contributed by atoms with Gasteiger partial charge in [0, 0.05) is 31.4 Å². The van der Waals surface area contributed by atoms with Gasteiger partial charge in [-0.1, -0.05) is 0 Å². The van der Waals surface area contributed by atoms with Crippen molar-refractivity contribution in [2.45, 2.75) is 6.04 Å². The number of hydrogen-bond donors (Lipinski definition) is 2. The zero-order chi connectivity index (χ0) is 7.68. The van der Waals surface area contributed by atoms with E-state index in [9.17, 15) is 0 Å². The number of nitrogens with one attached hydrogen (secondary N) is 1. The van der Waals surface area contributed by atoms with Crippen molar-refractivity contribution >= 4 is 0 Å². The van der Waals surface area contributed by atoms with E-state index in [-0.39, 0.29) is 0 Å². The van der Waals surface area contributed by atoms with Crippen LogP contribution in [-0.2, 0) is 0 Å². The van der Waals surface area contributed by atoms with Gasteiger partial charge >= 0.3 is 0 Å². The van der Waals surface area contributed by atoms with Crippen LogP contribution in [0.5, 0.6) is 0 Å².